The second-order valence-electron chi connectivity index (χ2n) is 4.19. The second kappa shape index (κ2) is 5.88. The van der Waals surface area contributed by atoms with E-state index in [4.69, 9.17) is 4.74 Å². The van der Waals surface area contributed by atoms with E-state index in [0.29, 0.717) is 6.01 Å². The fourth-order valence-electron chi connectivity index (χ4n) is 1.75. The van der Waals surface area contributed by atoms with Crippen molar-refractivity contribution >= 4 is 15.9 Å². The van der Waals surface area contributed by atoms with Crippen molar-refractivity contribution in [2.24, 2.45) is 0 Å². The molecule has 0 N–H and O–H groups in total. The fourth-order valence-corrected chi connectivity index (χ4v) is 2.13. The molecule has 0 saturated carbocycles. The molecule has 4 nitrogen and oxygen atoms in total. The first-order valence-electron chi connectivity index (χ1n) is 6.15. The number of nitrogens with zero attached hydrogens (tertiary/aromatic N) is 3. The van der Waals surface area contributed by atoms with Crippen LogP contribution in [0.2, 0.25) is 0 Å². The standard InChI is InChI=1S/C15H12BrN3O/c16-10-12-6-8-14(9-7-12)20-15-17-11-19(18-15)13-4-2-1-3-5-13/h1-9,11H,10H2. The Bertz CT molecular complexity index is 680. The first-order valence-corrected chi connectivity index (χ1v) is 7.27. The summed E-state index contributed by atoms with van der Waals surface area (Å²) >= 11 is 3.41. The zero-order valence-corrected chi connectivity index (χ0v) is 12.2. The van der Waals surface area contributed by atoms with Crippen molar-refractivity contribution in [2.75, 3.05) is 0 Å². The summed E-state index contributed by atoms with van der Waals surface area (Å²) in [6, 6.07) is 17.9. The predicted octanol–water partition coefficient (Wildman–Crippen LogP) is 3.95. The molecule has 0 radical (unpaired) electrons. The fraction of sp³-hybridized carbons (Fsp3) is 0.0667. The summed E-state index contributed by atoms with van der Waals surface area (Å²) in [5.74, 6) is 0.723. The SMILES string of the molecule is BrCc1ccc(Oc2ncn(-c3ccccc3)n2)cc1. The van der Waals surface area contributed by atoms with Gasteiger partial charge in [0.1, 0.15) is 12.1 Å². The van der Waals surface area contributed by atoms with Crippen LogP contribution in [0.4, 0.5) is 0 Å². The highest BCUT2D eigenvalue weighted by Crippen LogP contribution is 2.19. The molecule has 0 spiro atoms. The summed E-state index contributed by atoms with van der Waals surface area (Å²) in [6.07, 6.45) is 1.64. The Morgan fingerprint density at radius 1 is 1.00 bits per heavy atom. The molecule has 2 aromatic carbocycles. The molecular weight excluding hydrogens is 318 g/mol. The van der Waals surface area contributed by atoms with Crippen LogP contribution >= 0.6 is 15.9 Å². The van der Waals surface area contributed by atoms with Crippen LogP contribution in [0.3, 0.4) is 0 Å². The Morgan fingerprint density at radius 3 is 2.45 bits per heavy atom. The van der Waals surface area contributed by atoms with Gasteiger partial charge in [-0.15, -0.1) is 5.10 Å². The van der Waals surface area contributed by atoms with Crippen LogP contribution in [-0.4, -0.2) is 14.8 Å². The zero-order chi connectivity index (χ0) is 13.8. The van der Waals surface area contributed by atoms with Crippen molar-refractivity contribution in [1.82, 2.24) is 14.8 Å². The number of aromatic nitrogens is 3. The van der Waals surface area contributed by atoms with E-state index in [1.807, 2.05) is 54.6 Å². The van der Waals surface area contributed by atoms with Crippen molar-refractivity contribution in [3.8, 4) is 17.4 Å². The largest absolute Gasteiger partial charge is 0.423 e. The first kappa shape index (κ1) is 12.9. The summed E-state index contributed by atoms with van der Waals surface area (Å²) in [5.41, 5.74) is 2.14. The number of hydrogen-bond donors (Lipinski definition) is 0. The van der Waals surface area contributed by atoms with Crippen LogP contribution in [0.25, 0.3) is 5.69 Å². The van der Waals surface area contributed by atoms with Gasteiger partial charge in [-0.25, -0.2) is 4.68 Å². The molecular formula is C15H12BrN3O. The smallest absolute Gasteiger partial charge is 0.341 e. The van der Waals surface area contributed by atoms with E-state index in [0.717, 1.165) is 16.8 Å². The maximum absolute atomic E-state index is 5.62. The number of benzene rings is 2. The number of rotatable bonds is 4. The molecule has 0 saturated heterocycles. The Hall–Kier alpha value is -2.14. The van der Waals surface area contributed by atoms with Crippen molar-refractivity contribution in [3.05, 3.63) is 66.5 Å². The molecule has 0 unspecified atom stereocenters. The van der Waals surface area contributed by atoms with Crippen molar-refractivity contribution in [3.63, 3.8) is 0 Å². The highest BCUT2D eigenvalue weighted by Gasteiger charge is 2.04. The molecule has 0 aliphatic heterocycles. The van der Waals surface area contributed by atoms with Gasteiger partial charge in [0, 0.05) is 5.33 Å². The van der Waals surface area contributed by atoms with Crippen LogP contribution in [-0.2, 0) is 5.33 Å². The maximum Gasteiger partial charge on any atom is 0.341 e. The van der Waals surface area contributed by atoms with Gasteiger partial charge >= 0.3 is 6.01 Å². The van der Waals surface area contributed by atoms with Crippen LogP contribution in [0.15, 0.2) is 60.9 Å². The monoisotopic (exact) mass is 329 g/mol. The lowest BCUT2D eigenvalue weighted by atomic mass is 10.2. The third kappa shape index (κ3) is 2.88. The number of para-hydroxylation sites is 1. The molecule has 100 valence electrons. The molecule has 1 heterocycles. The minimum absolute atomic E-state index is 0.334. The van der Waals surface area contributed by atoms with E-state index in [1.165, 1.54) is 5.56 Å². The van der Waals surface area contributed by atoms with E-state index in [1.54, 1.807) is 11.0 Å². The topological polar surface area (TPSA) is 39.9 Å². The number of alkyl halides is 1. The van der Waals surface area contributed by atoms with Crippen LogP contribution in [0, 0.1) is 0 Å². The minimum atomic E-state index is 0.334. The minimum Gasteiger partial charge on any atom is -0.423 e. The lowest BCUT2D eigenvalue weighted by molar-refractivity contribution is 0.441. The van der Waals surface area contributed by atoms with E-state index in [9.17, 15) is 0 Å². The summed E-state index contributed by atoms with van der Waals surface area (Å²) in [4.78, 5) is 4.15. The Morgan fingerprint density at radius 2 is 1.75 bits per heavy atom. The van der Waals surface area contributed by atoms with Gasteiger partial charge in [0.25, 0.3) is 0 Å². The molecule has 0 aliphatic rings. The Labute approximate surface area is 125 Å². The average molecular weight is 330 g/mol. The summed E-state index contributed by atoms with van der Waals surface area (Å²) in [6.45, 7) is 0. The molecule has 20 heavy (non-hydrogen) atoms. The van der Waals surface area contributed by atoms with E-state index in [-0.39, 0.29) is 0 Å². The molecule has 1 aromatic heterocycles. The molecule has 3 rings (SSSR count). The van der Waals surface area contributed by atoms with Crippen LogP contribution in [0.1, 0.15) is 5.56 Å². The van der Waals surface area contributed by atoms with Crippen LogP contribution < -0.4 is 4.74 Å². The molecule has 0 aliphatic carbocycles. The number of hydrogen-bond acceptors (Lipinski definition) is 3. The zero-order valence-electron chi connectivity index (χ0n) is 10.6. The van der Waals surface area contributed by atoms with Gasteiger partial charge in [-0.05, 0) is 29.8 Å². The highest BCUT2D eigenvalue weighted by molar-refractivity contribution is 9.08. The molecule has 3 aromatic rings. The molecule has 0 bridgehead atoms. The molecule has 0 amide bonds. The van der Waals surface area contributed by atoms with Crippen LogP contribution in [0.5, 0.6) is 11.8 Å². The van der Waals surface area contributed by atoms with Gasteiger partial charge in [0.05, 0.1) is 5.69 Å². The van der Waals surface area contributed by atoms with Gasteiger partial charge < -0.3 is 4.74 Å². The van der Waals surface area contributed by atoms with Gasteiger partial charge in [-0.3, -0.25) is 0 Å². The normalized spacial score (nSPS) is 10.4. The van der Waals surface area contributed by atoms with E-state index in [2.05, 4.69) is 26.0 Å². The van der Waals surface area contributed by atoms with E-state index >= 15 is 0 Å². The lowest BCUT2D eigenvalue weighted by Crippen LogP contribution is -1.94. The van der Waals surface area contributed by atoms with Gasteiger partial charge in [0.2, 0.25) is 0 Å². The first-order chi connectivity index (χ1) is 9.85. The van der Waals surface area contributed by atoms with Gasteiger partial charge in [-0.2, -0.15) is 4.98 Å². The lowest BCUT2D eigenvalue weighted by Gasteiger charge is -2.02. The number of ether oxygens (including phenoxy) is 1. The van der Waals surface area contributed by atoms with Gasteiger partial charge in [-0.1, -0.05) is 46.3 Å². The quantitative estimate of drug-likeness (QED) is 0.680. The third-order valence-electron chi connectivity index (χ3n) is 2.78. The van der Waals surface area contributed by atoms with Gasteiger partial charge in [0.15, 0.2) is 0 Å². The van der Waals surface area contributed by atoms with E-state index < -0.39 is 0 Å². The van der Waals surface area contributed by atoms with Crippen molar-refractivity contribution in [2.45, 2.75) is 5.33 Å². The highest BCUT2D eigenvalue weighted by atomic mass is 79.9. The molecule has 5 heteroatoms. The maximum atomic E-state index is 5.62. The summed E-state index contributed by atoms with van der Waals surface area (Å²) < 4.78 is 7.30. The summed E-state index contributed by atoms with van der Waals surface area (Å²) in [7, 11) is 0. The Balaban J connectivity index is 1.77. The average Bonchev–Trinajstić information content (AvgIpc) is 2.97. The second-order valence-corrected chi connectivity index (χ2v) is 4.75. The molecule has 0 atom stereocenters. The Kier molecular flexibility index (Phi) is 3.78. The molecule has 0 fully saturated rings. The van der Waals surface area contributed by atoms with Crippen molar-refractivity contribution < 1.29 is 4.74 Å². The summed E-state index contributed by atoms with van der Waals surface area (Å²) in [5, 5.41) is 5.12. The number of halogens is 1. The predicted molar refractivity (Wildman–Crippen MR) is 80.5 cm³/mol. The third-order valence-corrected chi connectivity index (χ3v) is 3.43. The van der Waals surface area contributed by atoms with Crippen molar-refractivity contribution in [1.29, 1.82) is 0 Å².